The Bertz CT molecular complexity index is 1300. The van der Waals surface area contributed by atoms with Crippen molar-refractivity contribution in [1.29, 1.82) is 0 Å². The van der Waals surface area contributed by atoms with Crippen LogP contribution in [0.15, 0.2) is 59.5 Å². The molecule has 4 aromatic rings. The lowest BCUT2D eigenvalue weighted by molar-refractivity contribution is -0.119. The molecule has 1 amide bonds. The van der Waals surface area contributed by atoms with Gasteiger partial charge in [0.1, 0.15) is 12.1 Å². The third-order valence-electron chi connectivity index (χ3n) is 5.69. The van der Waals surface area contributed by atoms with E-state index in [4.69, 9.17) is 0 Å². The maximum atomic E-state index is 13.3. The number of carbonyl (C=O) groups is 1. The van der Waals surface area contributed by atoms with Crippen LogP contribution in [0, 0.1) is 0 Å². The number of carbonyl (C=O) groups excluding carboxylic acids is 1. The second kappa shape index (κ2) is 6.88. The number of hydrogen-bond acceptors (Lipinski definition) is 3. The summed E-state index contributed by atoms with van der Waals surface area (Å²) in [5, 5.41) is 6.20. The van der Waals surface area contributed by atoms with Crippen LogP contribution in [0.2, 0.25) is 0 Å². The number of aromatic nitrogens is 3. The van der Waals surface area contributed by atoms with Crippen LogP contribution in [0.3, 0.4) is 0 Å². The van der Waals surface area contributed by atoms with Gasteiger partial charge in [0, 0.05) is 35.1 Å². The summed E-state index contributed by atoms with van der Waals surface area (Å²) < 4.78 is 3.36. The molecule has 0 saturated carbocycles. The van der Waals surface area contributed by atoms with Crippen LogP contribution in [0.4, 0.5) is 5.69 Å². The number of hydrogen-bond donors (Lipinski definition) is 0. The van der Waals surface area contributed by atoms with Gasteiger partial charge in [0.05, 0.1) is 6.20 Å². The minimum atomic E-state index is -0.215. The van der Waals surface area contributed by atoms with Gasteiger partial charge in [0.2, 0.25) is 5.91 Å². The smallest absolute Gasteiger partial charge is 0.291 e. The van der Waals surface area contributed by atoms with Crippen LogP contribution in [0.5, 0.6) is 0 Å². The summed E-state index contributed by atoms with van der Waals surface area (Å²) in [6, 6.07) is 15.9. The highest BCUT2D eigenvalue weighted by molar-refractivity contribution is 6.07. The van der Waals surface area contributed by atoms with Gasteiger partial charge in [-0.25, -0.2) is 4.68 Å². The zero-order valence-electron chi connectivity index (χ0n) is 16.3. The number of fused-ring (bicyclic) bond motifs is 4. The molecule has 29 heavy (non-hydrogen) atoms. The van der Waals surface area contributed by atoms with E-state index in [0.29, 0.717) is 12.1 Å². The molecule has 0 bridgehead atoms. The summed E-state index contributed by atoms with van der Waals surface area (Å²) >= 11 is 0. The van der Waals surface area contributed by atoms with E-state index >= 15 is 0 Å². The molecule has 1 aliphatic rings. The first kappa shape index (κ1) is 17.7. The van der Waals surface area contributed by atoms with Gasteiger partial charge < -0.3 is 9.47 Å². The molecule has 0 aliphatic carbocycles. The zero-order valence-corrected chi connectivity index (χ0v) is 16.3. The summed E-state index contributed by atoms with van der Waals surface area (Å²) in [6.07, 6.45) is 3.48. The van der Waals surface area contributed by atoms with E-state index in [0.717, 1.165) is 41.4 Å². The van der Waals surface area contributed by atoms with E-state index in [-0.39, 0.29) is 18.0 Å². The molecule has 146 valence electrons. The number of amides is 1. The van der Waals surface area contributed by atoms with Gasteiger partial charge in [0.15, 0.2) is 0 Å². The Balaban J connectivity index is 1.57. The summed E-state index contributed by atoms with van der Waals surface area (Å²) in [6.45, 7) is 3.42. The van der Waals surface area contributed by atoms with Crippen molar-refractivity contribution in [2.24, 2.45) is 0 Å². The van der Waals surface area contributed by atoms with Crippen molar-refractivity contribution in [2.75, 3.05) is 11.4 Å². The first-order chi connectivity index (χ1) is 14.2. The molecule has 2 aromatic heterocycles. The highest BCUT2D eigenvalue weighted by Gasteiger charge is 2.25. The third-order valence-corrected chi connectivity index (χ3v) is 5.69. The molecule has 0 spiro atoms. The summed E-state index contributed by atoms with van der Waals surface area (Å²) in [5.41, 5.74) is 3.54. The average molecular weight is 386 g/mol. The van der Waals surface area contributed by atoms with Crippen LogP contribution >= 0.6 is 0 Å². The largest absolute Gasteiger partial charge is 0.336 e. The number of rotatable bonds is 4. The Hall–Kier alpha value is -3.41. The van der Waals surface area contributed by atoms with E-state index < -0.39 is 0 Å². The van der Waals surface area contributed by atoms with Crippen molar-refractivity contribution in [3.63, 3.8) is 0 Å². The molecule has 6 nitrogen and oxygen atoms in total. The first-order valence-corrected chi connectivity index (χ1v) is 10.0. The lowest BCUT2D eigenvalue weighted by Crippen LogP contribution is -2.36. The molecule has 2 aromatic carbocycles. The Morgan fingerprint density at radius 3 is 2.72 bits per heavy atom. The fourth-order valence-corrected chi connectivity index (χ4v) is 4.37. The summed E-state index contributed by atoms with van der Waals surface area (Å²) in [4.78, 5) is 28.0. The van der Waals surface area contributed by atoms with Crippen LogP contribution in [-0.4, -0.2) is 26.8 Å². The number of anilines is 1. The lowest BCUT2D eigenvalue weighted by Gasteiger charge is -2.17. The Morgan fingerprint density at radius 1 is 1.07 bits per heavy atom. The molecule has 5 rings (SSSR count). The van der Waals surface area contributed by atoms with Crippen molar-refractivity contribution in [3.8, 4) is 0 Å². The van der Waals surface area contributed by atoms with Gasteiger partial charge in [-0.3, -0.25) is 9.59 Å². The zero-order chi connectivity index (χ0) is 20.0. The van der Waals surface area contributed by atoms with E-state index in [2.05, 4.69) is 16.6 Å². The van der Waals surface area contributed by atoms with Gasteiger partial charge in [-0.05, 0) is 30.5 Å². The molecule has 6 heteroatoms. The second-order valence-electron chi connectivity index (χ2n) is 7.46. The Morgan fingerprint density at radius 2 is 1.86 bits per heavy atom. The van der Waals surface area contributed by atoms with Crippen molar-refractivity contribution in [1.82, 2.24) is 14.3 Å². The highest BCUT2D eigenvalue weighted by Crippen LogP contribution is 2.28. The molecule has 3 heterocycles. The topological polar surface area (TPSA) is 60.1 Å². The van der Waals surface area contributed by atoms with Crippen LogP contribution < -0.4 is 10.5 Å². The van der Waals surface area contributed by atoms with E-state index in [1.54, 1.807) is 11.1 Å². The molecule has 0 N–H and O–H groups in total. The average Bonchev–Trinajstić information content (AvgIpc) is 3.31. The number of nitrogens with zero attached hydrogens (tertiary/aromatic N) is 4. The van der Waals surface area contributed by atoms with Gasteiger partial charge >= 0.3 is 0 Å². The monoisotopic (exact) mass is 386 g/mol. The van der Waals surface area contributed by atoms with Gasteiger partial charge in [-0.1, -0.05) is 43.3 Å². The molecular weight excluding hydrogens is 364 g/mol. The van der Waals surface area contributed by atoms with E-state index in [9.17, 15) is 9.59 Å². The quantitative estimate of drug-likeness (QED) is 0.540. The number of para-hydroxylation sites is 2. The van der Waals surface area contributed by atoms with Crippen LogP contribution in [0.25, 0.3) is 21.8 Å². The minimum absolute atomic E-state index is 0.0588. The highest BCUT2D eigenvalue weighted by atomic mass is 16.2. The standard InChI is InChI=1S/C23H22N4O2/c1-2-12-26-20-10-6-4-8-17(20)18-14-24-27(23(29)22(18)26)15-21(28)25-13-11-16-7-3-5-9-19(16)25/h3-10,14H,2,11-13,15H2,1H3. The summed E-state index contributed by atoms with van der Waals surface area (Å²) in [5.74, 6) is -0.109. The first-order valence-electron chi connectivity index (χ1n) is 10.0. The Kier molecular flexibility index (Phi) is 4.19. The fourth-order valence-electron chi connectivity index (χ4n) is 4.37. The van der Waals surface area contributed by atoms with Crippen molar-refractivity contribution in [3.05, 3.63) is 70.6 Å². The van der Waals surface area contributed by atoms with Gasteiger partial charge in [-0.2, -0.15) is 5.10 Å². The molecule has 0 atom stereocenters. The van der Waals surface area contributed by atoms with Crippen LogP contribution in [-0.2, 0) is 24.3 Å². The predicted octanol–water partition coefficient (Wildman–Crippen LogP) is 3.35. The lowest BCUT2D eigenvalue weighted by atomic mass is 10.2. The molecule has 0 fully saturated rings. The maximum absolute atomic E-state index is 13.3. The van der Waals surface area contributed by atoms with Gasteiger partial charge in [-0.15, -0.1) is 0 Å². The SMILES string of the molecule is CCCn1c2ccccc2c2cnn(CC(=O)N3CCc4ccccc43)c(=O)c21. The fraction of sp³-hybridized carbons (Fsp3) is 0.261. The van der Waals surface area contributed by atoms with E-state index in [1.165, 1.54) is 10.2 Å². The van der Waals surface area contributed by atoms with Crippen molar-refractivity contribution < 1.29 is 4.79 Å². The number of aryl methyl sites for hydroxylation is 1. The van der Waals surface area contributed by atoms with Crippen LogP contribution in [0.1, 0.15) is 18.9 Å². The maximum Gasteiger partial charge on any atom is 0.291 e. The summed E-state index contributed by atoms with van der Waals surface area (Å²) in [7, 11) is 0. The molecule has 0 saturated heterocycles. The van der Waals surface area contributed by atoms with Crippen molar-refractivity contribution in [2.45, 2.75) is 32.9 Å². The molecule has 1 aliphatic heterocycles. The molecular formula is C23H22N4O2. The third kappa shape index (κ3) is 2.75. The van der Waals surface area contributed by atoms with Crippen molar-refractivity contribution >= 4 is 33.4 Å². The molecule has 0 unspecified atom stereocenters. The number of benzene rings is 2. The van der Waals surface area contributed by atoms with Gasteiger partial charge in [0.25, 0.3) is 5.56 Å². The second-order valence-corrected chi connectivity index (χ2v) is 7.46. The van der Waals surface area contributed by atoms with E-state index in [1.807, 2.05) is 48.5 Å². The minimum Gasteiger partial charge on any atom is -0.336 e. The predicted molar refractivity (Wildman–Crippen MR) is 114 cm³/mol. The Labute approximate surface area is 168 Å². The normalized spacial score (nSPS) is 13.3. The molecule has 0 radical (unpaired) electrons.